The molecule has 2 aromatic rings. The molecule has 5 nitrogen and oxygen atoms in total. The van der Waals surface area contributed by atoms with Crippen molar-refractivity contribution in [1.29, 1.82) is 0 Å². The summed E-state index contributed by atoms with van der Waals surface area (Å²) in [5.74, 6) is 0.734. The van der Waals surface area contributed by atoms with Crippen molar-refractivity contribution in [3.63, 3.8) is 0 Å². The molecule has 1 aliphatic rings. The van der Waals surface area contributed by atoms with Crippen LogP contribution in [0.15, 0.2) is 30.6 Å². The molecule has 0 aliphatic carbocycles. The lowest BCUT2D eigenvalue weighted by molar-refractivity contribution is -0.130. The summed E-state index contributed by atoms with van der Waals surface area (Å²) in [6, 6.07) is 6.23. The second-order valence-corrected chi connectivity index (χ2v) is 6.26. The van der Waals surface area contributed by atoms with E-state index < -0.39 is 0 Å². The predicted octanol–water partition coefficient (Wildman–Crippen LogP) is 2.77. The number of rotatable bonds is 4. The van der Waals surface area contributed by atoms with Gasteiger partial charge in [-0.05, 0) is 49.8 Å². The molecule has 1 aliphatic heterocycles. The number of aromatic nitrogens is 3. The quantitative estimate of drug-likeness (QED) is 0.872. The molecule has 0 bridgehead atoms. The number of likely N-dealkylation sites (tertiary alicyclic amines) is 1. The summed E-state index contributed by atoms with van der Waals surface area (Å²) in [6.07, 6.45) is 7.06. The lowest BCUT2D eigenvalue weighted by Crippen LogP contribution is -2.39. The van der Waals surface area contributed by atoms with Crippen molar-refractivity contribution < 1.29 is 4.79 Å². The second kappa shape index (κ2) is 6.94. The Morgan fingerprint density at radius 2 is 2.22 bits per heavy atom. The summed E-state index contributed by atoms with van der Waals surface area (Å²) < 4.78 is 1.95. The summed E-state index contributed by atoms with van der Waals surface area (Å²) in [6.45, 7) is 6.36. The molecule has 0 saturated carbocycles. The SMILES string of the molecule is CCn1nccc1-c1ccc(C[C@@H]2CCCN(C(C)=O)C2)cn1. The number of amides is 1. The molecule has 1 saturated heterocycles. The number of hydrogen-bond acceptors (Lipinski definition) is 3. The maximum Gasteiger partial charge on any atom is 0.219 e. The highest BCUT2D eigenvalue weighted by molar-refractivity contribution is 5.73. The van der Waals surface area contributed by atoms with Gasteiger partial charge in [0.2, 0.25) is 5.91 Å². The van der Waals surface area contributed by atoms with Crippen LogP contribution in [-0.4, -0.2) is 38.7 Å². The van der Waals surface area contributed by atoms with E-state index in [-0.39, 0.29) is 5.91 Å². The Hall–Kier alpha value is -2.17. The van der Waals surface area contributed by atoms with Gasteiger partial charge in [0.1, 0.15) is 0 Å². The third-order valence-electron chi connectivity index (χ3n) is 4.59. The number of aryl methyl sites for hydroxylation is 1. The first kappa shape index (κ1) is 15.7. The smallest absolute Gasteiger partial charge is 0.219 e. The highest BCUT2D eigenvalue weighted by Gasteiger charge is 2.21. The minimum atomic E-state index is 0.191. The summed E-state index contributed by atoms with van der Waals surface area (Å²) in [7, 11) is 0. The van der Waals surface area contributed by atoms with Crippen molar-refractivity contribution >= 4 is 5.91 Å². The molecule has 1 amide bonds. The molecule has 1 fully saturated rings. The van der Waals surface area contributed by atoms with Gasteiger partial charge in [0.05, 0.1) is 11.4 Å². The first-order valence-corrected chi connectivity index (χ1v) is 8.40. The van der Waals surface area contributed by atoms with Crippen molar-refractivity contribution in [3.05, 3.63) is 36.2 Å². The van der Waals surface area contributed by atoms with Crippen LogP contribution in [-0.2, 0) is 17.8 Å². The van der Waals surface area contributed by atoms with Crippen LogP contribution in [0.4, 0.5) is 0 Å². The fourth-order valence-electron chi connectivity index (χ4n) is 3.35. The van der Waals surface area contributed by atoms with E-state index in [9.17, 15) is 4.79 Å². The van der Waals surface area contributed by atoms with Crippen LogP contribution >= 0.6 is 0 Å². The molecule has 2 aromatic heterocycles. The highest BCUT2D eigenvalue weighted by Crippen LogP contribution is 2.22. The van der Waals surface area contributed by atoms with Gasteiger partial charge in [0.25, 0.3) is 0 Å². The molecule has 3 heterocycles. The van der Waals surface area contributed by atoms with Crippen LogP contribution in [0, 0.1) is 5.92 Å². The van der Waals surface area contributed by atoms with Crippen LogP contribution in [0.5, 0.6) is 0 Å². The van der Waals surface area contributed by atoms with E-state index in [0.717, 1.165) is 43.9 Å². The molecular weight excluding hydrogens is 288 g/mol. The van der Waals surface area contributed by atoms with Crippen molar-refractivity contribution in [1.82, 2.24) is 19.7 Å². The normalized spacial score (nSPS) is 18.2. The van der Waals surface area contributed by atoms with Gasteiger partial charge in [-0.3, -0.25) is 14.5 Å². The first-order chi connectivity index (χ1) is 11.2. The average molecular weight is 312 g/mol. The average Bonchev–Trinajstić information content (AvgIpc) is 3.04. The first-order valence-electron chi connectivity index (χ1n) is 8.40. The van der Waals surface area contributed by atoms with Gasteiger partial charge in [-0.2, -0.15) is 5.10 Å². The summed E-state index contributed by atoms with van der Waals surface area (Å²) >= 11 is 0. The molecule has 23 heavy (non-hydrogen) atoms. The van der Waals surface area contributed by atoms with Gasteiger partial charge < -0.3 is 4.90 Å². The zero-order valence-corrected chi connectivity index (χ0v) is 13.9. The maximum atomic E-state index is 11.5. The van der Waals surface area contributed by atoms with Crippen LogP contribution < -0.4 is 0 Å². The highest BCUT2D eigenvalue weighted by atomic mass is 16.2. The van der Waals surface area contributed by atoms with Gasteiger partial charge in [0.15, 0.2) is 0 Å². The number of piperidine rings is 1. The van der Waals surface area contributed by atoms with Crippen molar-refractivity contribution in [3.8, 4) is 11.4 Å². The van der Waals surface area contributed by atoms with Gasteiger partial charge in [-0.25, -0.2) is 0 Å². The van der Waals surface area contributed by atoms with E-state index in [1.54, 1.807) is 6.92 Å². The second-order valence-electron chi connectivity index (χ2n) is 6.26. The van der Waals surface area contributed by atoms with Crippen LogP contribution in [0.25, 0.3) is 11.4 Å². The van der Waals surface area contributed by atoms with Gasteiger partial charge in [-0.15, -0.1) is 0 Å². The van der Waals surface area contributed by atoms with Crippen molar-refractivity contribution in [2.75, 3.05) is 13.1 Å². The standard InChI is InChI=1S/C18H24N4O/c1-3-22-18(8-9-20-22)17-7-6-15(12-19-17)11-16-5-4-10-21(13-16)14(2)23/h6-9,12,16H,3-5,10-11,13H2,1-2H3/t16-/m0/s1. The lowest BCUT2D eigenvalue weighted by atomic mass is 9.92. The van der Waals surface area contributed by atoms with Crippen LogP contribution in [0.3, 0.4) is 0 Å². The molecular formula is C18H24N4O. The van der Waals surface area contributed by atoms with Crippen molar-refractivity contribution in [2.24, 2.45) is 5.92 Å². The van der Waals surface area contributed by atoms with Gasteiger partial charge >= 0.3 is 0 Å². The third kappa shape index (κ3) is 3.60. The Bertz CT molecular complexity index is 662. The van der Waals surface area contributed by atoms with Gasteiger partial charge in [-0.1, -0.05) is 6.07 Å². The number of nitrogens with zero attached hydrogens (tertiary/aromatic N) is 4. The third-order valence-corrected chi connectivity index (χ3v) is 4.59. The molecule has 0 spiro atoms. The van der Waals surface area contributed by atoms with Crippen LogP contribution in [0.1, 0.15) is 32.3 Å². The number of hydrogen-bond donors (Lipinski definition) is 0. The van der Waals surface area contributed by atoms with Crippen LogP contribution in [0.2, 0.25) is 0 Å². The number of pyridine rings is 1. The zero-order chi connectivity index (χ0) is 16.2. The Morgan fingerprint density at radius 3 is 2.91 bits per heavy atom. The predicted molar refractivity (Wildman–Crippen MR) is 89.8 cm³/mol. The summed E-state index contributed by atoms with van der Waals surface area (Å²) in [5, 5.41) is 4.29. The summed E-state index contributed by atoms with van der Waals surface area (Å²) in [4.78, 5) is 18.1. The molecule has 0 N–H and O–H groups in total. The molecule has 0 unspecified atom stereocenters. The van der Waals surface area contributed by atoms with Gasteiger partial charge in [0, 0.05) is 39.0 Å². The van der Waals surface area contributed by atoms with E-state index in [1.807, 2.05) is 28.0 Å². The molecule has 1 atom stereocenters. The van der Waals surface area contributed by atoms with Crippen molar-refractivity contribution in [2.45, 2.75) is 39.7 Å². The fourth-order valence-corrected chi connectivity index (χ4v) is 3.35. The molecule has 0 aromatic carbocycles. The Kier molecular flexibility index (Phi) is 4.74. The summed E-state index contributed by atoms with van der Waals surface area (Å²) in [5.41, 5.74) is 3.26. The van der Waals surface area contributed by atoms with E-state index in [0.29, 0.717) is 5.92 Å². The molecule has 0 radical (unpaired) electrons. The topological polar surface area (TPSA) is 51.0 Å². The van der Waals surface area contributed by atoms with E-state index >= 15 is 0 Å². The van der Waals surface area contributed by atoms with E-state index in [2.05, 4.69) is 29.1 Å². The van der Waals surface area contributed by atoms with E-state index in [1.165, 1.54) is 12.0 Å². The number of carbonyl (C=O) groups excluding carboxylic acids is 1. The minimum absolute atomic E-state index is 0.191. The molecule has 122 valence electrons. The van der Waals surface area contributed by atoms with E-state index in [4.69, 9.17) is 0 Å². The minimum Gasteiger partial charge on any atom is -0.343 e. The Labute approximate surface area is 137 Å². The number of carbonyl (C=O) groups is 1. The zero-order valence-electron chi connectivity index (χ0n) is 13.9. The maximum absolute atomic E-state index is 11.5. The molecule has 3 rings (SSSR count). The largest absolute Gasteiger partial charge is 0.343 e. The fraction of sp³-hybridized carbons (Fsp3) is 0.500. The Morgan fingerprint density at radius 1 is 1.35 bits per heavy atom. The lowest BCUT2D eigenvalue weighted by Gasteiger charge is -2.32. The monoisotopic (exact) mass is 312 g/mol. The molecule has 5 heteroatoms. The Balaban J connectivity index is 1.67.